The summed E-state index contributed by atoms with van der Waals surface area (Å²) in [7, 11) is -1.87. The fourth-order valence-corrected chi connectivity index (χ4v) is 1.62. The highest BCUT2D eigenvalue weighted by atomic mass is 19.1. The van der Waals surface area contributed by atoms with Crippen LogP contribution in [0.3, 0.4) is 0 Å². The maximum Gasteiger partial charge on any atom is 0.491 e. The number of nitriles is 1. The minimum absolute atomic E-state index is 0.0667. The van der Waals surface area contributed by atoms with Crippen LogP contribution in [0.2, 0.25) is 0 Å². The molecule has 1 heterocycles. The number of rotatable bonds is 4. The Balaban J connectivity index is 2.12. The monoisotopic (exact) mass is 272 g/mol. The first-order valence-corrected chi connectivity index (χ1v) is 5.74. The van der Waals surface area contributed by atoms with E-state index < -0.39 is 12.9 Å². The summed E-state index contributed by atoms with van der Waals surface area (Å²) < 4.78 is 18.9. The lowest BCUT2D eigenvalue weighted by atomic mass is 9.80. The number of hydrogen-bond donors (Lipinski definition) is 2. The highest BCUT2D eigenvalue weighted by Crippen LogP contribution is 2.14. The van der Waals surface area contributed by atoms with Crippen molar-refractivity contribution in [3.8, 4) is 11.8 Å². The molecular formula is C13H10BFN2O3. The number of benzene rings is 1. The second-order valence-corrected chi connectivity index (χ2v) is 3.97. The first-order valence-electron chi connectivity index (χ1n) is 5.74. The number of ether oxygens (including phenoxy) is 1. The molecule has 0 saturated carbocycles. The summed E-state index contributed by atoms with van der Waals surface area (Å²) in [6.07, 6.45) is 1.50. The minimum Gasteiger partial charge on any atom is -0.489 e. The third kappa shape index (κ3) is 3.12. The molecule has 2 N–H and O–H groups in total. The van der Waals surface area contributed by atoms with Gasteiger partial charge in [0, 0.05) is 23.3 Å². The predicted octanol–water partition coefficient (Wildman–Crippen LogP) is 0.351. The van der Waals surface area contributed by atoms with Crippen LogP contribution in [0.15, 0.2) is 36.5 Å². The summed E-state index contributed by atoms with van der Waals surface area (Å²) in [5.74, 6) is -0.552. The number of nitrogens with zero attached hydrogens (tertiary/aromatic N) is 2. The van der Waals surface area contributed by atoms with Crippen molar-refractivity contribution in [2.75, 3.05) is 0 Å². The van der Waals surface area contributed by atoms with Crippen molar-refractivity contribution in [3.05, 3.63) is 53.6 Å². The minimum atomic E-state index is -1.87. The molecule has 0 spiro atoms. The van der Waals surface area contributed by atoms with Gasteiger partial charge >= 0.3 is 7.12 Å². The maximum absolute atomic E-state index is 13.5. The van der Waals surface area contributed by atoms with Gasteiger partial charge in [0.25, 0.3) is 0 Å². The van der Waals surface area contributed by atoms with Gasteiger partial charge in [0.15, 0.2) is 0 Å². The fraction of sp³-hybridized carbons (Fsp3) is 0.0769. The third-order valence-corrected chi connectivity index (χ3v) is 2.64. The Kier molecular flexibility index (Phi) is 4.30. The summed E-state index contributed by atoms with van der Waals surface area (Å²) in [6.45, 7) is 0.0667. The highest BCUT2D eigenvalue weighted by molar-refractivity contribution is 6.58. The van der Waals surface area contributed by atoms with E-state index in [2.05, 4.69) is 4.98 Å². The van der Waals surface area contributed by atoms with Crippen molar-refractivity contribution in [3.63, 3.8) is 0 Å². The summed E-state index contributed by atoms with van der Waals surface area (Å²) in [4.78, 5) is 3.88. The van der Waals surface area contributed by atoms with E-state index >= 15 is 0 Å². The van der Waals surface area contributed by atoms with Crippen molar-refractivity contribution >= 4 is 12.6 Å². The second-order valence-electron chi connectivity index (χ2n) is 3.97. The number of pyridine rings is 1. The van der Waals surface area contributed by atoms with Gasteiger partial charge in [-0.25, -0.2) is 9.37 Å². The Hall–Kier alpha value is -2.43. The smallest absolute Gasteiger partial charge is 0.489 e. The summed E-state index contributed by atoms with van der Waals surface area (Å²) >= 11 is 0. The van der Waals surface area contributed by atoms with E-state index in [1.54, 1.807) is 12.1 Å². The Morgan fingerprint density at radius 2 is 2.15 bits per heavy atom. The van der Waals surface area contributed by atoms with Crippen molar-refractivity contribution in [2.24, 2.45) is 0 Å². The van der Waals surface area contributed by atoms with Gasteiger partial charge in [-0.2, -0.15) is 5.26 Å². The van der Waals surface area contributed by atoms with Crippen molar-refractivity contribution in [1.82, 2.24) is 4.98 Å². The molecule has 0 atom stereocenters. The molecule has 100 valence electrons. The van der Waals surface area contributed by atoms with E-state index in [1.807, 2.05) is 6.07 Å². The van der Waals surface area contributed by atoms with Crippen LogP contribution >= 0.6 is 0 Å². The Morgan fingerprint density at radius 1 is 1.35 bits per heavy atom. The summed E-state index contributed by atoms with van der Waals surface area (Å²) in [5.41, 5.74) is 0.605. The normalized spacial score (nSPS) is 9.90. The van der Waals surface area contributed by atoms with Gasteiger partial charge in [-0.05, 0) is 12.1 Å². The molecule has 0 amide bonds. The molecule has 0 unspecified atom stereocenters. The first kappa shape index (κ1) is 14.0. The van der Waals surface area contributed by atoms with Crippen LogP contribution in [0.5, 0.6) is 5.75 Å². The lowest BCUT2D eigenvalue weighted by Crippen LogP contribution is -2.32. The Labute approximate surface area is 115 Å². The van der Waals surface area contributed by atoms with Gasteiger partial charge in [-0.15, -0.1) is 0 Å². The zero-order chi connectivity index (χ0) is 14.5. The van der Waals surface area contributed by atoms with Gasteiger partial charge in [0.1, 0.15) is 29.9 Å². The standard InChI is InChI=1S/C13H10BFN2O3/c15-12-6-10(3-4-11(12)14(18)19)20-8-9-2-1-5-17-13(9)7-16/h1-6,18-19H,8H2. The molecule has 0 radical (unpaired) electrons. The molecule has 0 aliphatic rings. The van der Waals surface area contributed by atoms with E-state index in [0.29, 0.717) is 5.56 Å². The molecule has 1 aromatic carbocycles. The topological polar surface area (TPSA) is 86.4 Å². The van der Waals surface area contributed by atoms with E-state index in [-0.39, 0.29) is 23.5 Å². The highest BCUT2D eigenvalue weighted by Gasteiger charge is 2.16. The van der Waals surface area contributed by atoms with E-state index in [0.717, 1.165) is 6.07 Å². The van der Waals surface area contributed by atoms with E-state index in [9.17, 15) is 4.39 Å². The number of hydrogen-bond acceptors (Lipinski definition) is 5. The van der Waals surface area contributed by atoms with Crippen LogP contribution in [0, 0.1) is 17.1 Å². The number of aromatic nitrogens is 1. The molecule has 7 heteroatoms. The van der Waals surface area contributed by atoms with Crippen LogP contribution in [-0.2, 0) is 6.61 Å². The zero-order valence-electron chi connectivity index (χ0n) is 10.3. The lowest BCUT2D eigenvalue weighted by Gasteiger charge is -2.08. The largest absolute Gasteiger partial charge is 0.491 e. The molecule has 0 fully saturated rings. The molecular weight excluding hydrogens is 262 g/mol. The lowest BCUT2D eigenvalue weighted by molar-refractivity contribution is 0.304. The van der Waals surface area contributed by atoms with Gasteiger partial charge in [0.2, 0.25) is 0 Å². The quantitative estimate of drug-likeness (QED) is 0.784. The summed E-state index contributed by atoms with van der Waals surface area (Å²) in [5, 5.41) is 26.7. The SMILES string of the molecule is N#Cc1ncccc1COc1ccc(B(O)O)c(F)c1. The van der Waals surface area contributed by atoms with Crippen molar-refractivity contribution in [2.45, 2.75) is 6.61 Å². The van der Waals surface area contributed by atoms with Crippen LogP contribution in [0.25, 0.3) is 0 Å². The van der Waals surface area contributed by atoms with Gasteiger partial charge in [-0.3, -0.25) is 0 Å². The second kappa shape index (κ2) is 6.15. The third-order valence-electron chi connectivity index (χ3n) is 2.64. The van der Waals surface area contributed by atoms with Crippen molar-refractivity contribution in [1.29, 1.82) is 5.26 Å². The molecule has 0 saturated heterocycles. The Bertz CT molecular complexity index is 658. The molecule has 0 aliphatic heterocycles. The molecule has 2 aromatic rings. The summed E-state index contributed by atoms with van der Waals surface area (Å²) in [6, 6.07) is 8.99. The maximum atomic E-state index is 13.5. The number of halogens is 1. The molecule has 0 bridgehead atoms. The van der Waals surface area contributed by atoms with Crippen molar-refractivity contribution < 1.29 is 19.2 Å². The van der Waals surface area contributed by atoms with Crippen LogP contribution in [-0.4, -0.2) is 22.2 Å². The zero-order valence-corrected chi connectivity index (χ0v) is 10.3. The Morgan fingerprint density at radius 3 is 2.80 bits per heavy atom. The van der Waals surface area contributed by atoms with Crippen LogP contribution in [0.4, 0.5) is 4.39 Å². The molecule has 5 nitrogen and oxygen atoms in total. The predicted molar refractivity (Wildman–Crippen MR) is 69.5 cm³/mol. The van der Waals surface area contributed by atoms with E-state index in [1.165, 1.54) is 18.3 Å². The molecule has 1 aromatic heterocycles. The van der Waals surface area contributed by atoms with Gasteiger partial charge in [-0.1, -0.05) is 12.1 Å². The van der Waals surface area contributed by atoms with Crippen LogP contribution in [0.1, 0.15) is 11.3 Å². The molecule has 2 rings (SSSR count). The molecule has 20 heavy (non-hydrogen) atoms. The fourth-order valence-electron chi connectivity index (χ4n) is 1.62. The van der Waals surface area contributed by atoms with E-state index in [4.69, 9.17) is 20.0 Å². The molecule has 0 aliphatic carbocycles. The van der Waals surface area contributed by atoms with Crippen LogP contribution < -0.4 is 10.2 Å². The van der Waals surface area contributed by atoms with Gasteiger partial charge < -0.3 is 14.8 Å². The first-order chi connectivity index (χ1) is 9.61. The average molecular weight is 272 g/mol. The average Bonchev–Trinajstić information content (AvgIpc) is 2.45. The van der Waals surface area contributed by atoms with Gasteiger partial charge in [0.05, 0.1) is 0 Å².